The molecule has 0 aliphatic heterocycles. The summed E-state index contributed by atoms with van der Waals surface area (Å²) in [5.41, 5.74) is 3.44. The number of pyridine rings is 2. The van der Waals surface area contributed by atoms with E-state index >= 15 is 0 Å². The van der Waals surface area contributed by atoms with Gasteiger partial charge in [-0.15, -0.1) is 0 Å². The second kappa shape index (κ2) is 9.57. The Morgan fingerprint density at radius 2 is 0.944 bits per heavy atom. The maximum absolute atomic E-state index is 6.58. The monoisotopic (exact) mass is 528 g/mol. The van der Waals surface area contributed by atoms with Crippen LogP contribution in [0.5, 0.6) is 17.2 Å². The Balaban J connectivity index is 1.44. The van der Waals surface area contributed by atoms with Crippen LogP contribution in [0.25, 0.3) is 32.6 Å². The van der Waals surface area contributed by atoms with Crippen LogP contribution >= 0.6 is 0 Å². The van der Waals surface area contributed by atoms with Crippen LogP contribution in [0.1, 0.15) is 11.4 Å². The Labute approximate surface area is 215 Å². The van der Waals surface area contributed by atoms with E-state index in [1.807, 2.05) is 86.6 Å². The van der Waals surface area contributed by atoms with Crippen molar-refractivity contribution in [3.05, 3.63) is 115 Å². The molecule has 2 aromatic heterocycles. The second-order valence-electron chi connectivity index (χ2n) is 8.68. The summed E-state index contributed by atoms with van der Waals surface area (Å²) < 4.78 is 19.7. The van der Waals surface area contributed by atoms with Gasteiger partial charge in [0, 0.05) is 0 Å². The number of para-hydroxylation sites is 2. The Kier molecular flexibility index (Phi) is 5.97. The van der Waals surface area contributed by atoms with Gasteiger partial charge in [0.25, 0.3) is 0 Å². The molecule has 0 saturated carbocycles. The Morgan fingerprint density at radius 3 is 1.56 bits per heavy atom. The molecule has 0 atom stereocenters. The van der Waals surface area contributed by atoms with E-state index in [1.54, 1.807) is 0 Å². The third-order valence-corrected chi connectivity index (χ3v) is 8.87. The minimum atomic E-state index is -3.46. The molecule has 6 heteroatoms. The zero-order chi connectivity index (χ0) is 24.5. The van der Waals surface area contributed by atoms with Crippen molar-refractivity contribution in [3.63, 3.8) is 0 Å². The molecule has 0 spiro atoms. The first kappa shape index (κ1) is 22.5. The maximum atomic E-state index is 6.58. The zero-order valence-corrected chi connectivity index (χ0v) is 22.4. The fraction of sp³-hybridized carbons (Fsp3) is 0.0667. The van der Waals surface area contributed by atoms with Gasteiger partial charge in [0.15, 0.2) is 0 Å². The van der Waals surface area contributed by atoms with Crippen LogP contribution in [-0.2, 0) is 0 Å². The SMILES string of the molecule is Cc1ccc2cccc([O][Ga]([O]c3cccc4ccccc34)[O]c3cccc4ccc(C)nc34)c2n1. The van der Waals surface area contributed by atoms with Crippen LogP contribution in [0.4, 0.5) is 0 Å². The summed E-state index contributed by atoms with van der Waals surface area (Å²) in [7, 11) is 0. The number of benzene rings is 4. The normalized spacial score (nSPS) is 11.1. The van der Waals surface area contributed by atoms with E-state index in [-0.39, 0.29) is 0 Å². The van der Waals surface area contributed by atoms with Crippen molar-refractivity contribution in [2.75, 3.05) is 0 Å². The fourth-order valence-electron chi connectivity index (χ4n) is 4.31. The van der Waals surface area contributed by atoms with E-state index in [1.165, 1.54) is 0 Å². The van der Waals surface area contributed by atoms with Crippen LogP contribution in [0.3, 0.4) is 0 Å². The van der Waals surface area contributed by atoms with Crippen LogP contribution < -0.4 is 10.6 Å². The number of fused-ring (bicyclic) bond motifs is 3. The number of aryl methyl sites for hydroxylation is 2. The van der Waals surface area contributed by atoms with Gasteiger partial charge >= 0.3 is 216 Å². The van der Waals surface area contributed by atoms with Crippen molar-refractivity contribution in [1.29, 1.82) is 0 Å². The number of hydrogen-bond acceptors (Lipinski definition) is 5. The van der Waals surface area contributed by atoms with E-state index in [2.05, 4.69) is 30.3 Å². The van der Waals surface area contributed by atoms with Crippen molar-refractivity contribution in [3.8, 4) is 17.2 Å². The van der Waals surface area contributed by atoms with E-state index in [9.17, 15) is 0 Å². The minimum absolute atomic E-state index is 0.658. The summed E-state index contributed by atoms with van der Waals surface area (Å²) in [6.07, 6.45) is 0. The van der Waals surface area contributed by atoms with E-state index in [0.29, 0.717) is 11.5 Å². The molecular weight excluding hydrogens is 506 g/mol. The topological polar surface area (TPSA) is 53.5 Å². The molecule has 0 fully saturated rings. The van der Waals surface area contributed by atoms with Gasteiger partial charge in [-0.1, -0.05) is 0 Å². The molecule has 0 unspecified atom stereocenters. The quantitative estimate of drug-likeness (QED) is 0.216. The molecule has 0 radical (unpaired) electrons. The van der Waals surface area contributed by atoms with Crippen molar-refractivity contribution in [2.24, 2.45) is 0 Å². The summed E-state index contributed by atoms with van der Waals surface area (Å²) >= 11 is -3.46. The molecule has 5 nitrogen and oxygen atoms in total. The molecule has 0 N–H and O–H groups in total. The predicted molar refractivity (Wildman–Crippen MR) is 145 cm³/mol. The Morgan fingerprint density at radius 1 is 0.472 bits per heavy atom. The van der Waals surface area contributed by atoms with Gasteiger partial charge in [-0.2, -0.15) is 0 Å². The second-order valence-corrected chi connectivity index (χ2v) is 11.4. The first-order valence-corrected chi connectivity index (χ1v) is 14.8. The summed E-state index contributed by atoms with van der Waals surface area (Å²) in [5.74, 6) is 2.06. The fourth-order valence-corrected chi connectivity index (χ4v) is 7.14. The van der Waals surface area contributed by atoms with Crippen molar-refractivity contribution in [1.82, 2.24) is 9.97 Å². The van der Waals surface area contributed by atoms with Crippen LogP contribution in [0.2, 0.25) is 0 Å². The van der Waals surface area contributed by atoms with Crippen LogP contribution in [0.15, 0.2) is 103 Å². The average molecular weight is 529 g/mol. The number of hydrogen-bond donors (Lipinski definition) is 0. The molecule has 2 heterocycles. The van der Waals surface area contributed by atoms with Gasteiger partial charge in [-0.25, -0.2) is 0 Å². The van der Waals surface area contributed by atoms with Crippen LogP contribution in [-0.4, -0.2) is 27.3 Å². The molecule has 0 saturated heterocycles. The van der Waals surface area contributed by atoms with E-state index < -0.39 is 17.3 Å². The van der Waals surface area contributed by atoms with Crippen LogP contribution in [0, 0.1) is 13.8 Å². The average Bonchev–Trinajstić information content (AvgIpc) is 2.89. The Hall–Kier alpha value is -4.00. The van der Waals surface area contributed by atoms with Gasteiger partial charge in [0.05, 0.1) is 0 Å². The number of aromatic nitrogens is 2. The molecule has 174 valence electrons. The van der Waals surface area contributed by atoms with Gasteiger partial charge in [-0.3, -0.25) is 0 Å². The standard InChI is InChI=1S/2C10H9NO.C10H8O.Ga/c2*1-7-5-6-8-3-2-4-9(12)10(8)11-7;11-10-7-3-5-8-4-1-2-6-9(8)10;/h2*2-6,12H,1H3;1-7,11H;/q;;;+3/p-3. The first-order chi connectivity index (χ1) is 17.6. The van der Waals surface area contributed by atoms with Gasteiger partial charge in [0.2, 0.25) is 0 Å². The summed E-state index contributed by atoms with van der Waals surface area (Å²) in [6, 6.07) is 34.1. The third-order valence-electron chi connectivity index (χ3n) is 6.06. The molecule has 36 heavy (non-hydrogen) atoms. The molecular formula is C30H23GaN2O3. The predicted octanol–water partition coefficient (Wildman–Crippen LogP) is 7.07. The number of rotatable bonds is 6. The first-order valence-electron chi connectivity index (χ1n) is 11.8. The van der Waals surface area contributed by atoms with Gasteiger partial charge in [-0.05, 0) is 0 Å². The summed E-state index contributed by atoms with van der Waals surface area (Å²) in [6.45, 7) is 3.95. The van der Waals surface area contributed by atoms with E-state index in [4.69, 9.17) is 20.6 Å². The van der Waals surface area contributed by atoms with Gasteiger partial charge in [0.1, 0.15) is 0 Å². The molecule has 0 aliphatic rings. The third kappa shape index (κ3) is 4.48. The molecule has 6 rings (SSSR count). The van der Waals surface area contributed by atoms with E-state index in [0.717, 1.165) is 49.7 Å². The summed E-state index contributed by atoms with van der Waals surface area (Å²) in [4.78, 5) is 9.47. The molecule has 0 aliphatic carbocycles. The Bertz CT molecular complexity index is 1630. The van der Waals surface area contributed by atoms with Crippen molar-refractivity contribution in [2.45, 2.75) is 13.8 Å². The zero-order valence-electron chi connectivity index (χ0n) is 20.0. The van der Waals surface area contributed by atoms with Gasteiger partial charge < -0.3 is 0 Å². The molecule has 0 amide bonds. The molecule has 4 aromatic carbocycles. The molecule has 0 bridgehead atoms. The number of nitrogens with zero attached hydrogens (tertiary/aromatic N) is 2. The van der Waals surface area contributed by atoms with Crippen molar-refractivity contribution < 1.29 is 10.6 Å². The molecule has 6 aromatic rings. The summed E-state index contributed by atoms with van der Waals surface area (Å²) in [5, 5.41) is 4.13. The van der Waals surface area contributed by atoms with Crippen molar-refractivity contribution >= 4 is 49.9 Å².